The van der Waals surface area contributed by atoms with Crippen molar-refractivity contribution in [3.63, 3.8) is 0 Å². The van der Waals surface area contributed by atoms with Crippen LogP contribution < -0.4 is 20.3 Å². The van der Waals surface area contributed by atoms with Crippen LogP contribution in [0.1, 0.15) is 5.56 Å². The minimum Gasteiger partial charge on any atom is -0.497 e. The van der Waals surface area contributed by atoms with E-state index in [1.807, 2.05) is 0 Å². The molecule has 0 bridgehead atoms. The van der Waals surface area contributed by atoms with Gasteiger partial charge in [-0.25, -0.2) is 0 Å². The fourth-order valence-electron chi connectivity index (χ4n) is 1.98. The standard InChI is InChI=1S/C15H16BNO4S/c1-10-13(16(18)19)7-4-8-14(10)17-15(22)21-12-6-3-5-11(9-12)20-2/h3-9,18-19H,1-2H3,(H,17,22). The molecule has 0 aromatic heterocycles. The Balaban J connectivity index is 2.10. The smallest absolute Gasteiger partial charge is 0.488 e. The van der Waals surface area contributed by atoms with Gasteiger partial charge in [-0.05, 0) is 48.4 Å². The molecule has 0 amide bonds. The zero-order valence-electron chi connectivity index (χ0n) is 12.2. The van der Waals surface area contributed by atoms with Crippen molar-refractivity contribution in [3.05, 3.63) is 48.0 Å². The first-order valence-corrected chi connectivity index (χ1v) is 7.00. The van der Waals surface area contributed by atoms with Crippen molar-refractivity contribution in [1.29, 1.82) is 0 Å². The Bertz CT molecular complexity index is 678. The van der Waals surface area contributed by atoms with E-state index < -0.39 is 7.12 Å². The van der Waals surface area contributed by atoms with Crippen molar-refractivity contribution < 1.29 is 19.5 Å². The van der Waals surface area contributed by atoms with Crippen LogP contribution in [-0.4, -0.2) is 29.5 Å². The molecule has 0 aliphatic rings. The van der Waals surface area contributed by atoms with E-state index in [0.29, 0.717) is 28.2 Å². The van der Waals surface area contributed by atoms with Gasteiger partial charge in [0.2, 0.25) is 0 Å². The summed E-state index contributed by atoms with van der Waals surface area (Å²) in [5.74, 6) is 1.22. The average molecular weight is 317 g/mol. The van der Waals surface area contributed by atoms with Crippen LogP contribution in [0, 0.1) is 6.92 Å². The van der Waals surface area contributed by atoms with Crippen molar-refractivity contribution in [2.24, 2.45) is 0 Å². The van der Waals surface area contributed by atoms with Crippen LogP contribution in [-0.2, 0) is 0 Å². The van der Waals surface area contributed by atoms with E-state index >= 15 is 0 Å². The lowest BCUT2D eigenvalue weighted by Gasteiger charge is -2.14. The van der Waals surface area contributed by atoms with Crippen LogP contribution in [0.15, 0.2) is 42.5 Å². The second kappa shape index (κ2) is 7.26. The van der Waals surface area contributed by atoms with E-state index in [0.717, 1.165) is 0 Å². The van der Waals surface area contributed by atoms with E-state index in [1.165, 1.54) is 0 Å². The van der Waals surface area contributed by atoms with Gasteiger partial charge < -0.3 is 24.8 Å². The Kier molecular flexibility index (Phi) is 5.38. The first-order valence-electron chi connectivity index (χ1n) is 6.60. The number of ether oxygens (including phenoxy) is 2. The van der Waals surface area contributed by atoms with Gasteiger partial charge in [-0.1, -0.05) is 18.2 Å². The van der Waals surface area contributed by atoms with E-state index in [9.17, 15) is 10.0 Å². The van der Waals surface area contributed by atoms with Crippen LogP contribution in [0.3, 0.4) is 0 Å². The zero-order chi connectivity index (χ0) is 16.1. The Labute approximate surface area is 134 Å². The van der Waals surface area contributed by atoms with E-state index in [4.69, 9.17) is 21.7 Å². The maximum atomic E-state index is 9.31. The van der Waals surface area contributed by atoms with Gasteiger partial charge in [0.1, 0.15) is 11.5 Å². The van der Waals surface area contributed by atoms with Crippen molar-refractivity contribution in [3.8, 4) is 11.5 Å². The molecule has 22 heavy (non-hydrogen) atoms. The molecule has 0 aliphatic carbocycles. The summed E-state index contributed by atoms with van der Waals surface area (Å²) in [7, 11) is 0.0414. The van der Waals surface area contributed by atoms with Gasteiger partial charge in [0.25, 0.3) is 5.17 Å². The maximum absolute atomic E-state index is 9.31. The van der Waals surface area contributed by atoms with Crippen molar-refractivity contribution >= 4 is 35.7 Å². The number of thiocarbonyl (C=S) groups is 1. The molecule has 3 N–H and O–H groups in total. The third-order valence-electron chi connectivity index (χ3n) is 3.14. The van der Waals surface area contributed by atoms with Gasteiger partial charge in [-0.2, -0.15) is 0 Å². The zero-order valence-corrected chi connectivity index (χ0v) is 13.1. The molecule has 0 heterocycles. The number of hydrogen-bond donors (Lipinski definition) is 3. The molecule has 114 valence electrons. The topological polar surface area (TPSA) is 71.0 Å². The molecule has 7 heteroatoms. The highest BCUT2D eigenvalue weighted by atomic mass is 32.1. The van der Waals surface area contributed by atoms with Gasteiger partial charge in [-0.3, -0.25) is 0 Å². The Morgan fingerprint density at radius 3 is 2.50 bits per heavy atom. The van der Waals surface area contributed by atoms with Crippen molar-refractivity contribution in [1.82, 2.24) is 0 Å². The highest BCUT2D eigenvalue weighted by molar-refractivity contribution is 7.80. The minimum absolute atomic E-state index is 0.154. The maximum Gasteiger partial charge on any atom is 0.488 e. The molecule has 5 nitrogen and oxygen atoms in total. The molecule has 0 fully saturated rings. The van der Waals surface area contributed by atoms with Gasteiger partial charge in [0, 0.05) is 11.8 Å². The quantitative estimate of drug-likeness (QED) is 0.586. The number of benzene rings is 2. The summed E-state index contributed by atoms with van der Waals surface area (Å²) in [5, 5.41) is 21.7. The number of methoxy groups -OCH3 is 1. The molecule has 0 saturated carbocycles. The van der Waals surface area contributed by atoms with Gasteiger partial charge in [0.05, 0.1) is 7.11 Å². The molecule has 0 spiro atoms. The summed E-state index contributed by atoms with van der Waals surface area (Å²) in [5.41, 5.74) is 1.75. The highest BCUT2D eigenvalue weighted by Gasteiger charge is 2.16. The first-order chi connectivity index (χ1) is 10.5. The Morgan fingerprint density at radius 2 is 1.82 bits per heavy atom. The van der Waals surface area contributed by atoms with Crippen LogP contribution in [0.5, 0.6) is 11.5 Å². The minimum atomic E-state index is -1.53. The summed E-state index contributed by atoms with van der Waals surface area (Å²) in [6.45, 7) is 1.77. The second-order valence-electron chi connectivity index (χ2n) is 4.59. The predicted molar refractivity (Wildman–Crippen MR) is 90.8 cm³/mol. The molecular formula is C15H16BNO4S. The third kappa shape index (κ3) is 3.97. The normalized spacial score (nSPS) is 10.0. The molecule has 2 aromatic carbocycles. The second-order valence-corrected chi connectivity index (χ2v) is 4.96. The van der Waals surface area contributed by atoms with Gasteiger partial charge in [0.15, 0.2) is 0 Å². The Morgan fingerprint density at radius 1 is 1.14 bits per heavy atom. The lowest BCUT2D eigenvalue weighted by Crippen LogP contribution is -2.33. The molecule has 2 rings (SSSR count). The summed E-state index contributed by atoms with van der Waals surface area (Å²) in [6, 6.07) is 12.2. The van der Waals surface area contributed by atoms with Crippen LogP contribution in [0.25, 0.3) is 0 Å². The van der Waals surface area contributed by atoms with Crippen LogP contribution in [0.2, 0.25) is 0 Å². The number of anilines is 1. The molecule has 0 atom stereocenters. The van der Waals surface area contributed by atoms with Crippen LogP contribution in [0.4, 0.5) is 5.69 Å². The summed E-state index contributed by atoms with van der Waals surface area (Å²) in [6.07, 6.45) is 0. The monoisotopic (exact) mass is 317 g/mol. The highest BCUT2D eigenvalue weighted by Crippen LogP contribution is 2.20. The molecule has 0 aliphatic heterocycles. The number of nitrogens with one attached hydrogen (secondary N) is 1. The summed E-state index contributed by atoms with van der Waals surface area (Å²) < 4.78 is 10.6. The summed E-state index contributed by atoms with van der Waals surface area (Å²) in [4.78, 5) is 0. The number of rotatable bonds is 4. The molecule has 2 aromatic rings. The fourth-order valence-corrected chi connectivity index (χ4v) is 2.18. The fraction of sp³-hybridized carbons (Fsp3) is 0.133. The van der Waals surface area contributed by atoms with E-state index in [1.54, 1.807) is 56.5 Å². The molecule has 0 unspecified atom stereocenters. The molecular weight excluding hydrogens is 301 g/mol. The van der Waals surface area contributed by atoms with Gasteiger partial charge in [-0.15, -0.1) is 0 Å². The average Bonchev–Trinajstić information content (AvgIpc) is 2.49. The predicted octanol–water partition coefficient (Wildman–Crippen LogP) is 1.46. The molecule has 0 saturated heterocycles. The summed E-state index contributed by atoms with van der Waals surface area (Å²) >= 11 is 5.17. The van der Waals surface area contributed by atoms with E-state index in [-0.39, 0.29) is 5.17 Å². The van der Waals surface area contributed by atoms with Crippen molar-refractivity contribution in [2.45, 2.75) is 6.92 Å². The van der Waals surface area contributed by atoms with E-state index in [2.05, 4.69) is 5.32 Å². The SMILES string of the molecule is COc1cccc(OC(=S)Nc2cccc(B(O)O)c2C)c1. The first kappa shape index (κ1) is 16.3. The third-order valence-corrected chi connectivity index (χ3v) is 3.33. The lowest BCUT2D eigenvalue weighted by molar-refractivity contribution is 0.412. The number of hydrogen-bond acceptors (Lipinski definition) is 5. The van der Waals surface area contributed by atoms with Gasteiger partial charge >= 0.3 is 7.12 Å². The Hall–Kier alpha value is -2.09. The van der Waals surface area contributed by atoms with Crippen LogP contribution >= 0.6 is 12.2 Å². The largest absolute Gasteiger partial charge is 0.497 e. The van der Waals surface area contributed by atoms with Crippen molar-refractivity contribution in [2.75, 3.05) is 12.4 Å². The lowest BCUT2D eigenvalue weighted by atomic mass is 9.77. The molecule has 0 radical (unpaired) electrons.